The number of nitrogens with one attached hydrogen (secondary N) is 2. The standard InChI is InChI=1S/C24H24FN5O3S/c1-15(16-5-3-2-4-6-16)26-20(31)17-11-13-30(14-12-17)24(33)23-29-28-22(34-23)21(32)27-19-9-7-18(25)8-10-19/h2-10,15,17H,11-14H2,1H3,(H,26,31)(H,27,32). The maximum absolute atomic E-state index is 13.0. The first-order chi connectivity index (χ1) is 16.4. The molecule has 1 fully saturated rings. The molecular formula is C24H24FN5O3S. The van der Waals surface area contributed by atoms with Crippen LogP contribution in [0.25, 0.3) is 0 Å². The molecule has 1 aliphatic rings. The van der Waals surface area contributed by atoms with Gasteiger partial charge >= 0.3 is 0 Å². The van der Waals surface area contributed by atoms with Crippen LogP contribution in [-0.2, 0) is 4.79 Å². The average Bonchev–Trinajstić information content (AvgIpc) is 3.36. The number of carbonyl (C=O) groups is 3. The first kappa shape index (κ1) is 23.5. The molecule has 2 N–H and O–H groups in total. The van der Waals surface area contributed by atoms with Crippen LogP contribution in [0.15, 0.2) is 54.6 Å². The molecule has 0 radical (unpaired) electrons. The number of likely N-dealkylation sites (tertiary alicyclic amines) is 1. The summed E-state index contributed by atoms with van der Waals surface area (Å²) >= 11 is 0.899. The number of rotatable bonds is 6. The van der Waals surface area contributed by atoms with Gasteiger partial charge in [-0.15, -0.1) is 10.2 Å². The zero-order valence-corrected chi connectivity index (χ0v) is 19.3. The largest absolute Gasteiger partial charge is 0.349 e. The molecule has 1 aliphatic heterocycles. The normalized spacial score (nSPS) is 14.9. The lowest BCUT2D eigenvalue weighted by atomic mass is 9.95. The van der Waals surface area contributed by atoms with Crippen LogP contribution in [0, 0.1) is 11.7 Å². The number of carbonyl (C=O) groups excluding carboxylic acids is 3. The van der Waals surface area contributed by atoms with Gasteiger partial charge in [-0.1, -0.05) is 41.7 Å². The molecule has 0 saturated carbocycles. The maximum atomic E-state index is 13.0. The number of piperidine rings is 1. The topological polar surface area (TPSA) is 104 Å². The van der Waals surface area contributed by atoms with E-state index in [9.17, 15) is 18.8 Å². The van der Waals surface area contributed by atoms with Crippen LogP contribution in [0.2, 0.25) is 0 Å². The third-order valence-electron chi connectivity index (χ3n) is 5.72. The molecular weight excluding hydrogens is 457 g/mol. The summed E-state index contributed by atoms with van der Waals surface area (Å²) in [5, 5.41) is 13.5. The van der Waals surface area contributed by atoms with E-state index in [0.717, 1.165) is 16.9 Å². The summed E-state index contributed by atoms with van der Waals surface area (Å²) in [6, 6.07) is 15.0. The van der Waals surface area contributed by atoms with E-state index in [0.29, 0.717) is 31.6 Å². The predicted octanol–water partition coefficient (Wildman–Crippen LogP) is 3.66. The van der Waals surface area contributed by atoms with Gasteiger partial charge in [0.2, 0.25) is 15.9 Å². The van der Waals surface area contributed by atoms with Crippen molar-refractivity contribution in [3.05, 3.63) is 76.0 Å². The van der Waals surface area contributed by atoms with Gasteiger partial charge in [0.15, 0.2) is 0 Å². The molecule has 0 spiro atoms. The first-order valence-electron chi connectivity index (χ1n) is 11.0. The Morgan fingerprint density at radius 1 is 1.00 bits per heavy atom. The lowest BCUT2D eigenvalue weighted by molar-refractivity contribution is -0.127. The number of aromatic nitrogens is 2. The summed E-state index contributed by atoms with van der Waals surface area (Å²) in [5.74, 6) is -1.42. The average molecular weight is 482 g/mol. The Labute approximate surface area is 200 Å². The Kier molecular flexibility index (Phi) is 7.27. The number of halogens is 1. The summed E-state index contributed by atoms with van der Waals surface area (Å²) in [5.41, 5.74) is 1.45. The Morgan fingerprint density at radius 2 is 1.65 bits per heavy atom. The van der Waals surface area contributed by atoms with Crippen LogP contribution < -0.4 is 10.6 Å². The van der Waals surface area contributed by atoms with Crippen molar-refractivity contribution in [2.24, 2.45) is 5.92 Å². The molecule has 2 heterocycles. The molecule has 1 atom stereocenters. The van der Waals surface area contributed by atoms with E-state index < -0.39 is 11.7 Å². The lowest BCUT2D eigenvalue weighted by Crippen LogP contribution is -2.43. The van der Waals surface area contributed by atoms with Crippen LogP contribution in [0.4, 0.5) is 10.1 Å². The van der Waals surface area contributed by atoms with Crippen molar-refractivity contribution in [1.82, 2.24) is 20.4 Å². The molecule has 3 aromatic rings. The molecule has 0 bridgehead atoms. The van der Waals surface area contributed by atoms with Crippen molar-refractivity contribution >= 4 is 34.7 Å². The minimum absolute atomic E-state index is 0.0147. The van der Waals surface area contributed by atoms with Crippen molar-refractivity contribution in [2.45, 2.75) is 25.8 Å². The second-order valence-corrected chi connectivity index (χ2v) is 9.06. The fraction of sp³-hybridized carbons (Fsp3) is 0.292. The zero-order valence-electron chi connectivity index (χ0n) is 18.5. The highest BCUT2D eigenvalue weighted by Crippen LogP contribution is 2.22. The lowest BCUT2D eigenvalue weighted by Gasteiger charge is -2.31. The van der Waals surface area contributed by atoms with Crippen molar-refractivity contribution in [3.8, 4) is 0 Å². The van der Waals surface area contributed by atoms with Gasteiger partial charge in [-0.2, -0.15) is 0 Å². The Bertz CT molecular complexity index is 1160. The van der Waals surface area contributed by atoms with Crippen LogP contribution in [0.3, 0.4) is 0 Å². The molecule has 34 heavy (non-hydrogen) atoms. The van der Waals surface area contributed by atoms with Crippen LogP contribution in [0.1, 0.15) is 51.0 Å². The molecule has 1 saturated heterocycles. The summed E-state index contributed by atoms with van der Waals surface area (Å²) < 4.78 is 13.0. The van der Waals surface area contributed by atoms with Crippen LogP contribution in [-0.4, -0.2) is 45.9 Å². The van der Waals surface area contributed by atoms with Gasteiger partial charge in [-0.25, -0.2) is 4.39 Å². The van der Waals surface area contributed by atoms with Crippen molar-refractivity contribution in [1.29, 1.82) is 0 Å². The maximum Gasteiger partial charge on any atom is 0.286 e. The highest BCUT2D eigenvalue weighted by molar-refractivity contribution is 7.15. The van der Waals surface area contributed by atoms with Crippen molar-refractivity contribution in [3.63, 3.8) is 0 Å². The molecule has 10 heteroatoms. The van der Waals surface area contributed by atoms with Crippen LogP contribution in [0.5, 0.6) is 0 Å². The summed E-state index contributed by atoms with van der Waals surface area (Å²) in [4.78, 5) is 39.5. The van der Waals surface area contributed by atoms with Gasteiger partial charge in [0.1, 0.15) is 5.82 Å². The second kappa shape index (κ2) is 10.5. The predicted molar refractivity (Wildman–Crippen MR) is 126 cm³/mol. The molecule has 0 aliphatic carbocycles. The fourth-order valence-electron chi connectivity index (χ4n) is 3.76. The number of anilines is 1. The summed E-state index contributed by atoms with van der Waals surface area (Å²) in [7, 11) is 0. The fourth-order valence-corrected chi connectivity index (χ4v) is 4.46. The van der Waals surface area contributed by atoms with E-state index in [4.69, 9.17) is 0 Å². The molecule has 176 valence electrons. The molecule has 4 rings (SSSR count). The van der Waals surface area contributed by atoms with Gasteiger partial charge in [0.25, 0.3) is 11.8 Å². The molecule has 2 aromatic carbocycles. The smallest absolute Gasteiger partial charge is 0.286 e. The van der Waals surface area contributed by atoms with E-state index in [-0.39, 0.29) is 33.8 Å². The third kappa shape index (κ3) is 5.63. The Morgan fingerprint density at radius 3 is 2.32 bits per heavy atom. The van der Waals surface area contributed by atoms with Crippen molar-refractivity contribution < 1.29 is 18.8 Å². The zero-order chi connectivity index (χ0) is 24.1. The van der Waals surface area contributed by atoms with E-state index >= 15 is 0 Å². The second-order valence-electron chi connectivity index (χ2n) is 8.08. The number of nitrogens with zero attached hydrogens (tertiary/aromatic N) is 3. The van der Waals surface area contributed by atoms with Gasteiger partial charge in [0, 0.05) is 24.7 Å². The summed E-state index contributed by atoms with van der Waals surface area (Å²) in [6.45, 7) is 2.80. The minimum atomic E-state index is -0.522. The first-order valence-corrected chi connectivity index (χ1v) is 11.8. The quantitative estimate of drug-likeness (QED) is 0.559. The SMILES string of the molecule is CC(NC(=O)C1CCN(C(=O)c2nnc(C(=O)Nc3ccc(F)cc3)s2)CC1)c1ccccc1. The number of hydrogen-bond acceptors (Lipinski definition) is 6. The van der Waals surface area contributed by atoms with Gasteiger partial charge in [0.05, 0.1) is 6.04 Å². The van der Waals surface area contributed by atoms with Gasteiger partial charge in [-0.05, 0) is 49.6 Å². The Hall–Kier alpha value is -3.66. The molecule has 8 nitrogen and oxygen atoms in total. The Balaban J connectivity index is 1.29. The number of benzene rings is 2. The van der Waals surface area contributed by atoms with Crippen LogP contribution >= 0.6 is 11.3 Å². The van der Waals surface area contributed by atoms with E-state index in [1.54, 1.807) is 4.90 Å². The number of hydrogen-bond donors (Lipinski definition) is 2. The molecule has 1 aromatic heterocycles. The minimum Gasteiger partial charge on any atom is -0.349 e. The van der Waals surface area contributed by atoms with Gasteiger partial charge < -0.3 is 15.5 Å². The highest BCUT2D eigenvalue weighted by Gasteiger charge is 2.30. The van der Waals surface area contributed by atoms with E-state index in [1.165, 1.54) is 24.3 Å². The molecule has 3 amide bonds. The highest BCUT2D eigenvalue weighted by atomic mass is 32.1. The van der Waals surface area contributed by atoms with Gasteiger partial charge in [-0.3, -0.25) is 14.4 Å². The summed E-state index contributed by atoms with van der Waals surface area (Å²) in [6.07, 6.45) is 1.10. The van der Waals surface area contributed by atoms with E-state index in [2.05, 4.69) is 20.8 Å². The monoisotopic (exact) mass is 481 g/mol. The van der Waals surface area contributed by atoms with E-state index in [1.807, 2.05) is 37.3 Å². The van der Waals surface area contributed by atoms with Crippen molar-refractivity contribution in [2.75, 3.05) is 18.4 Å². The molecule has 1 unspecified atom stereocenters. The third-order valence-corrected chi connectivity index (χ3v) is 6.63. The number of amides is 3.